The van der Waals surface area contributed by atoms with Gasteiger partial charge in [0.25, 0.3) is 0 Å². The highest BCUT2D eigenvalue weighted by atomic mass is 32.1. The first-order valence-corrected chi connectivity index (χ1v) is 6.29. The summed E-state index contributed by atoms with van der Waals surface area (Å²) in [6, 6.07) is 3.51. The Hall–Kier alpha value is -1.62. The molecule has 0 aliphatic carbocycles. The van der Waals surface area contributed by atoms with Gasteiger partial charge in [0.05, 0.1) is 10.7 Å². The fourth-order valence-electron chi connectivity index (χ4n) is 1.63. The number of rotatable bonds is 4. The Bertz CT molecular complexity index is 580. The van der Waals surface area contributed by atoms with Crippen molar-refractivity contribution in [3.8, 4) is 0 Å². The molecule has 0 saturated carbocycles. The van der Waals surface area contributed by atoms with E-state index in [1.807, 2.05) is 12.3 Å². The predicted octanol–water partition coefficient (Wildman–Crippen LogP) is 3.08. The van der Waals surface area contributed by atoms with Crippen LogP contribution in [0.1, 0.15) is 16.3 Å². The predicted molar refractivity (Wildman–Crippen MR) is 65.6 cm³/mol. The molecule has 0 N–H and O–H groups in total. The Morgan fingerprint density at radius 3 is 2.67 bits per heavy atom. The van der Waals surface area contributed by atoms with Crippen molar-refractivity contribution in [3.63, 3.8) is 0 Å². The molecule has 0 atom stereocenters. The van der Waals surface area contributed by atoms with Gasteiger partial charge in [0, 0.05) is 18.2 Å². The van der Waals surface area contributed by atoms with Gasteiger partial charge in [-0.1, -0.05) is 6.07 Å². The van der Waals surface area contributed by atoms with E-state index in [1.54, 1.807) is 0 Å². The SMILES string of the molecule is Cc1nc(CC(=O)Cc2ccc(F)c(F)c2)cs1. The molecular weight excluding hydrogens is 256 g/mol. The molecule has 0 bridgehead atoms. The lowest BCUT2D eigenvalue weighted by atomic mass is 10.1. The van der Waals surface area contributed by atoms with Gasteiger partial charge in [0.15, 0.2) is 11.6 Å². The van der Waals surface area contributed by atoms with Crippen molar-refractivity contribution in [2.45, 2.75) is 19.8 Å². The topological polar surface area (TPSA) is 30.0 Å². The van der Waals surface area contributed by atoms with Crippen LogP contribution >= 0.6 is 11.3 Å². The highest BCUT2D eigenvalue weighted by Crippen LogP contribution is 2.12. The quantitative estimate of drug-likeness (QED) is 0.852. The van der Waals surface area contributed by atoms with Crippen LogP contribution in [0.3, 0.4) is 0 Å². The first kappa shape index (κ1) is 12.8. The van der Waals surface area contributed by atoms with E-state index in [0.29, 0.717) is 5.56 Å². The van der Waals surface area contributed by atoms with Crippen LogP contribution in [0.2, 0.25) is 0 Å². The number of hydrogen-bond acceptors (Lipinski definition) is 3. The molecule has 2 rings (SSSR count). The molecule has 0 aliphatic heterocycles. The highest BCUT2D eigenvalue weighted by Gasteiger charge is 2.09. The molecule has 2 nitrogen and oxygen atoms in total. The van der Waals surface area contributed by atoms with Gasteiger partial charge >= 0.3 is 0 Å². The smallest absolute Gasteiger partial charge is 0.159 e. The zero-order valence-electron chi connectivity index (χ0n) is 9.74. The molecule has 94 valence electrons. The number of benzene rings is 1. The molecule has 1 heterocycles. The number of hydrogen-bond donors (Lipinski definition) is 0. The van der Waals surface area contributed by atoms with Crippen molar-refractivity contribution in [3.05, 3.63) is 51.5 Å². The third kappa shape index (κ3) is 3.20. The summed E-state index contributed by atoms with van der Waals surface area (Å²) in [5.41, 5.74) is 1.20. The van der Waals surface area contributed by atoms with E-state index in [9.17, 15) is 13.6 Å². The summed E-state index contributed by atoms with van der Waals surface area (Å²) < 4.78 is 25.7. The number of nitrogens with zero attached hydrogens (tertiary/aromatic N) is 1. The fraction of sp³-hybridized carbons (Fsp3) is 0.231. The van der Waals surface area contributed by atoms with Crippen molar-refractivity contribution >= 4 is 17.1 Å². The van der Waals surface area contributed by atoms with Crippen LogP contribution in [0.15, 0.2) is 23.6 Å². The molecule has 0 saturated heterocycles. The van der Waals surface area contributed by atoms with Crippen LogP contribution < -0.4 is 0 Å². The zero-order valence-corrected chi connectivity index (χ0v) is 10.6. The lowest BCUT2D eigenvalue weighted by Gasteiger charge is -2.01. The summed E-state index contributed by atoms with van der Waals surface area (Å²) in [5.74, 6) is -1.89. The van der Waals surface area contributed by atoms with Crippen molar-refractivity contribution in [1.29, 1.82) is 0 Å². The van der Waals surface area contributed by atoms with E-state index in [-0.39, 0.29) is 18.6 Å². The number of Topliss-reactive ketones (excluding diaryl/α,β-unsaturated/α-hetero) is 1. The minimum atomic E-state index is -0.926. The molecule has 2 aromatic rings. The van der Waals surface area contributed by atoms with Gasteiger partial charge in [-0.3, -0.25) is 4.79 Å². The summed E-state index contributed by atoms with van der Waals surface area (Å²) in [5, 5.41) is 2.74. The molecule has 0 fully saturated rings. The molecule has 0 amide bonds. The average Bonchev–Trinajstić information content (AvgIpc) is 2.69. The maximum atomic E-state index is 13.0. The van der Waals surface area contributed by atoms with Gasteiger partial charge < -0.3 is 0 Å². The molecule has 0 aliphatic rings. The van der Waals surface area contributed by atoms with Gasteiger partial charge in [0.1, 0.15) is 5.78 Å². The third-order valence-corrected chi connectivity index (χ3v) is 3.25. The Morgan fingerprint density at radius 2 is 2.06 bits per heavy atom. The van der Waals surface area contributed by atoms with Crippen LogP contribution in [-0.4, -0.2) is 10.8 Å². The molecular formula is C13H11F2NOS. The van der Waals surface area contributed by atoms with Gasteiger partial charge in [-0.25, -0.2) is 13.8 Å². The molecule has 1 aromatic carbocycles. The number of thiazole rings is 1. The Labute approximate surface area is 107 Å². The normalized spacial score (nSPS) is 10.6. The summed E-state index contributed by atoms with van der Waals surface area (Å²) in [7, 11) is 0. The second kappa shape index (κ2) is 5.35. The maximum Gasteiger partial charge on any atom is 0.159 e. The monoisotopic (exact) mass is 267 g/mol. The van der Waals surface area contributed by atoms with E-state index < -0.39 is 11.6 Å². The summed E-state index contributed by atoms with van der Waals surface area (Å²) >= 11 is 1.48. The van der Waals surface area contributed by atoms with Crippen LogP contribution in [0.5, 0.6) is 0 Å². The maximum absolute atomic E-state index is 13.0. The van der Waals surface area contributed by atoms with Crippen molar-refractivity contribution in [1.82, 2.24) is 4.98 Å². The number of aryl methyl sites for hydroxylation is 1. The number of aromatic nitrogens is 1. The third-order valence-electron chi connectivity index (χ3n) is 2.43. The Kier molecular flexibility index (Phi) is 3.81. The van der Waals surface area contributed by atoms with Crippen LogP contribution in [-0.2, 0) is 17.6 Å². The number of carbonyl (C=O) groups is 1. The van der Waals surface area contributed by atoms with Gasteiger partial charge in [-0.15, -0.1) is 11.3 Å². The lowest BCUT2D eigenvalue weighted by molar-refractivity contribution is -0.117. The average molecular weight is 267 g/mol. The van der Waals surface area contributed by atoms with Crippen molar-refractivity contribution < 1.29 is 13.6 Å². The molecule has 0 spiro atoms. The number of ketones is 1. The lowest BCUT2D eigenvalue weighted by Crippen LogP contribution is -2.07. The second-order valence-corrected chi connectivity index (χ2v) is 5.06. The van der Waals surface area contributed by atoms with E-state index in [0.717, 1.165) is 22.8 Å². The summed E-state index contributed by atoms with van der Waals surface area (Å²) in [4.78, 5) is 15.9. The minimum Gasteiger partial charge on any atom is -0.299 e. The first-order chi connectivity index (χ1) is 8.54. The van der Waals surface area contributed by atoms with Crippen molar-refractivity contribution in [2.24, 2.45) is 0 Å². The minimum absolute atomic E-state index is 0.0636. The van der Waals surface area contributed by atoms with E-state index in [4.69, 9.17) is 0 Å². The summed E-state index contributed by atoms with van der Waals surface area (Å²) in [6.45, 7) is 1.87. The molecule has 0 unspecified atom stereocenters. The van der Waals surface area contributed by atoms with E-state index in [1.165, 1.54) is 17.4 Å². The highest BCUT2D eigenvalue weighted by molar-refractivity contribution is 7.09. The standard InChI is InChI=1S/C13H11F2NOS/c1-8-16-10(7-18-8)6-11(17)4-9-2-3-12(14)13(15)5-9/h2-3,5,7H,4,6H2,1H3. The van der Waals surface area contributed by atoms with Crippen LogP contribution in [0.25, 0.3) is 0 Å². The number of halogens is 2. The van der Waals surface area contributed by atoms with Gasteiger partial charge in [-0.05, 0) is 24.6 Å². The molecule has 0 radical (unpaired) electrons. The Morgan fingerprint density at radius 1 is 1.28 bits per heavy atom. The van der Waals surface area contributed by atoms with Gasteiger partial charge in [-0.2, -0.15) is 0 Å². The molecule has 18 heavy (non-hydrogen) atoms. The van der Waals surface area contributed by atoms with Crippen LogP contribution in [0, 0.1) is 18.6 Å². The molecule has 5 heteroatoms. The fourth-order valence-corrected chi connectivity index (χ4v) is 2.24. The molecule has 1 aromatic heterocycles. The van der Waals surface area contributed by atoms with Crippen LogP contribution in [0.4, 0.5) is 8.78 Å². The van der Waals surface area contributed by atoms with E-state index >= 15 is 0 Å². The largest absolute Gasteiger partial charge is 0.299 e. The Balaban J connectivity index is 2.00. The van der Waals surface area contributed by atoms with Crippen molar-refractivity contribution in [2.75, 3.05) is 0 Å². The first-order valence-electron chi connectivity index (χ1n) is 5.41. The summed E-state index contributed by atoms with van der Waals surface area (Å²) in [6.07, 6.45) is 0.317. The van der Waals surface area contributed by atoms with Gasteiger partial charge in [0.2, 0.25) is 0 Å². The second-order valence-electron chi connectivity index (χ2n) is 4.00. The number of carbonyl (C=O) groups excluding carboxylic acids is 1. The zero-order chi connectivity index (χ0) is 13.1. The van der Waals surface area contributed by atoms with E-state index in [2.05, 4.69) is 4.98 Å².